The number of nitrogens with one attached hydrogen (secondary N) is 1. The van der Waals surface area contributed by atoms with Gasteiger partial charge in [0.15, 0.2) is 0 Å². The first-order valence-electron chi connectivity index (χ1n) is 4.87. The molecule has 0 bridgehead atoms. The summed E-state index contributed by atoms with van der Waals surface area (Å²) in [6.07, 6.45) is 0. The predicted molar refractivity (Wildman–Crippen MR) is 62.9 cm³/mol. The summed E-state index contributed by atoms with van der Waals surface area (Å²) in [5, 5.41) is 7.26. The first kappa shape index (κ1) is 10.4. The van der Waals surface area contributed by atoms with Crippen LogP contribution in [0.2, 0.25) is 0 Å². The lowest BCUT2D eigenvalue weighted by atomic mass is 10.0. The minimum atomic E-state index is -0.256. The molecule has 2 nitrogen and oxygen atoms in total. The van der Waals surface area contributed by atoms with E-state index in [9.17, 15) is 4.39 Å². The van der Waals surface area contributed by atoms with Crippen LogP contribution in [0.1, 0.15) is 5.56 Å². The molecule has 0 spiro atoms. The molecule has 0 saturated carbocycles. The van der Waals surface area contributed by atoms with Crippen LogP contribution in [0.15, 0.2) is 48.5 Å². The number of hydrogen-bond donors (Lipinski definition) is 2. The average Bonchev–Trinajstić information content (AvgIpc) is 2.29. The van der Waals surface area contributed by atoms with Crippen molar-refractivity contribution in [1.82, 2.24) is 0 Å². The van der Waals surface area contributed by atoms with Gasteiger partial charge in [-0.05, 0) is 23.3 Å². The molecule has 0 aliphatic heterocycles. The minimum absolute atomic E-state index is 0.0331. The third-order valence-electron chi connectivity index (χ3n) is 2.35. The summed E-state index contributed by atoms with van der Waals surface area (Å²) in [6, 6.07) is 13.5. The molecule has 0 heterocycles. The molecule has 0 aliphatic rings. The van der Waals surface area contributed by atoms with Crippen molar-refractivity contribution in [3.63, 3.8) is 0 Å². The average molecular weight is 214 g/mol. The first-order chi connectivity index (χ1) is 7.66. The molecule has 0 saturated heterocycles. The molecule has 0 aromatic heterocycles. The summed E-state index contributed by atoms with van der Waals surface area (Å²) in [7, 11) is 0. The van der Waals surface area contributed by atoms with Crippen molar-refractivity contribution in [3.05, 3.63) is 59.9 Å². The molecule has 0 radical (unpaired) electrons. The number of nitrogens with two attached hydrogens (primary N) is 1. The van der Waals surface area contributed by atoms with Crippen LogP contribution in [-0.2, 0) is 0 Å². The normalized spacial score (nSPS) is 10.1. The highest BCUT2D eigenvalue weighted by Crippen LogP contribution is 2.20. The Morgan fingerprint density at radius 2 is 1.69 bits per heavy atom. The Morgan fingerprint density at radius 3 is 2.25 bits per heavy atom. The Morgan fingerprint density at radius 1 is 1.00 bits per heavy atom. The van der Waals surface area contributed by atoms with E-state index in [0.717, 1.165) is 11.1 Å². The van der Waals surface area contributed by atoms with Gasteiger partial charge >= 0.3 is 0 Å². The zero-order valence-electron chi connectivity index (χ0n) is 8.57. The molecule has 80 valence electrons. The van der Waals surface area contributed by atoms with E-state index in [1.54, 1.807) is 18.2 Å². The van der Waals surface area contributed by atoms with Crippen molar-refractivity contribution >= 4 is 5.84 Å². The van der Waals surface area contributed by atoms with Crippen LogP contribution in [0.25, 0.3) is 11.1 Å². The van der Waals surface area contributed by atoms with Gasteiger partial charge in [-0.15, -0.1) is 0 Å². The highest BCUT2D eigenvalue weighted by molar-refractivity contribution is 5.95. The molecule has 0 unspecified atom stereocenters. The Hall–Kier alpha value is -2.16. The molecule has 3 heteroatoms. The highest BCUT2D eigenvalue weighted by Gasteiger charge is 2.00. The zero-order chi connectivity index (χ0) is 11.5. The second kappa shape index (κ2) is 4.14. The topological polar surface area (TPSA) is 49.9 Å². The van der Waals surface area contributed by atoms with Crippen LogP contribution in [-0.4, -0.2) is 5.84 Å². The number of benzene rings is 2. The lowest BCUT2D eigenvalue weighted by molar-refractivity contribution is 0.628. The second-order valence-corrected chi connectivity index (χ2v) is 3.50. The van der Waals surface area contributed by atoms with Crippen LogP contribution < -0.4 is 5.73 Å². The molecule has 2 rings (SSSR count). The van der Waals surface area contributed by atoms with Crippen molar-refractivity contribution in [2.45, 2.75) is 0 Å². The fraction of sp³-hybridized carbons (Fsp3) is 0. The van der Waals surface area contributed by atoms with Crippen molar-refractivity contribution in [2.75, 3.05) is 0 Å². The number of hydrogen-bond acceptors (Lipinski definition) is 1. The largest absolute Gasteiger partial charge is 0.384 e. The number of nitrogen functional groups attached to an aromatic ring is 1. The van der Waals surface area contributed by atoms with Gasteiger partial charge in [-0.3, -0.25) is 5.41 Å². The molecular formula is C13H11FN2. The molecule has 2 aromatic rings. The molecule has 0 amide bonds. The Balaban J connectivity index is 2.38. The van der Waals surface area contributed by atoms with Crippen LogP contribution in [0.5, 0.6) is 0 Å². The van der Waals surface area contributed by atoms with Gasteiger partial charge in [-0.1, -0.05) is 36.4 Å². The smallest absolute Gasteiger partial charge is 0.123 e. The van der Waals surface area contributed by atoms with E-state index in [1.807, 2.05) is 18.2 Å². The molecule has 3 N–H and O–H groups in total. The molecular weight excluding hydrogens is 203 g/mol. The summed E-state index contributed by atoms with van der Waals surface area (Å²) in [5.74, 6) is -0.223. The van der Waals surface area contributed by atoms with Gasteiger partial charge in [0.1, 0.15) is 11.7 Å². The van der Waals surface area contributed by atoms with E-state index >= 15 is 0 Å². The monoisotopic (exact) mass is 214 g/mol. The molecule has 0 fully saturated rings. The zero-order valence-corrected chi connectivity index (χ0v) is 8.57. The van der Waals surface area contributed by atoms with Crippen molar-refractivity contribution in [1.29, 1.82) is 5.41 Å². The van der Waals surface area contributed by atoms with Gasteiger partial charge in [-0.25, -0.2) is 4.39 Å². The summed E-state index contributed by atoms with van der Waals surface area (Å²) >= 11 is 0. The molecule has 16 heavy (non-hydrogen) atoms. The summed E-state index contributed by atoms with van der Waals surface area (Å²) in [4.78, 5) is 0. The number of halogens is 1. The second-order valence-electron chi connectivity index (χ2n) is 3.50. The third kappa shape index (κ3) is 2.08. The summed E-state index contributed by atoms with van der Waals surface area (Å²) in [6.45, 7) is 0. The third-order valence-corrected chi connectivity index (χ3v) is 2.35. The SMILES string of the molecule is N=C(N)c1ccc(-c2cccc(F)c2)cc1. The van der Waals surface area contributed by atoms with E-state index in [0.29, 0.717) is 5.56 Å². The predicted octanol–water partition coefficient (Wildman–Crippen LogP) is 2.78. The summed E-state index contributed by atoms with van der Waals surface area (Å²) in [5.41, 5.74) is 7.74. The van der Waals surface area contributed by atoms with E-state index in [-0.39, 0.29) is 11.7 Å². The van der Waals surface area contributed by atoms with Crippen molar-refractivity contribution in [3.8, 4) is 11.1 Å². The van der Waals surface area contributed by atoms with Crippen molar-refractivity contribution < 1.29 is 4.39 Å². The Bertz CT molecular complexity index is 518. The standard InChI is InChI=1S/C13H11FN2/c14-12-3-1-2-11(8-12)9-4-6-10(7-5-9)13(15)16/h1-8H,(H3,15,16). The van der Waals surface area contributed by atoms with Gasteiger partial charge in [0.25, 0.3) is 0 Å². The Labute approximate surface area is 93.0 Å². The molecule has 2 aromatic carbocycles. The van der Waals surface area contributed by atoms with Gasteiger partial charge in [-0.2, -0.15) is 0 Å². The lowest BCUT2D eigenvalue weighted by Gasteiger charge is -2.03. The fourth-order valence-electron chi connectivity index (χ4n) is 1.51. The quantitative estimate of drug-likeness (QED) is 0.586. The van der Waals surface area contributed by atoms with Crippen LogP contribution in [0.3, 0.4) is 0 Å². The van der Waals surface area contributed by atoms with Gasteiger partial charge < -0.3 is 5.73 Å². The Kier molecular flexibility index (Phi) is 2.68. The number of amidine groups is 1. The van der Waals surface area contributed by atoms with Crippen LogP contribution >= 0.6 is 0 Å². The van der Waals surface area contributed by atoms with E-state index in [2.05, 4.69) is 0 Å². The molecule has 0 atom stereocenters. The maximum absolute atomic E-state index is 13.0. The van der Waals surface area contributed by atoms with Crippen molar-refractivity contribution in [2.24, 2.45) is 5.73 Å². The minimum Gasteiger partial charge on any atom is -0.384 e. The highest BCUT2D eigenvalue weighted by atomic mass is 19.1. The summed E-state index contributed by atoms with van der Waals surface area (Å²) < 4.78 is 13.0. The molecule has 0 aliphatic carbocycles. The van der Waals surface area contributed by atoms with Gasteiger partial charge in [0.05, 0.1) is 0 Å². The van der Waals surface area contributed by atoms with Crippen LogP contribution in [0.4, 0.5) is 4.39 Å². The number of rotatable bonds is 2. The fourth-order valence-corrected chi connectivity index (χ4v) is 1.51. The lowest BCUT2D eigenvalue weighted by Crippen LogP contribution is -2.10. The van der Waals surface area contributed by atoms with Gasteiger partial charge in [0.2, 0.25) is 0 Å². The van der Waals surface area contributed by atoms with Crippen LogP contribution in [0, 0.1) is 11.2 Å². The van der Waals surface area contributed by atoms with E-state index in [4.69, 9.17) is 11.1 Å². The van der Waals surface area contributed by atoms with E-state index < -0.39 is 0 Å². The van der Waals surface area contributed by atoms with Gasteiger partial charge in [0, 0.05) is 5.56 Å². The maximum Gasteiger partial charge on any atom is 0.123 e. The van der Waals surface area contributed by atoms with E-state index in [1.165, 1.54) is 12.1 Å². The first-order valence-corrected chi connectivity index (χ1v) is 4.87. The maximum atomic E-state index is 13.0.